The van der Waals surface area contributed by atoms with Crippen molar-refractivity contribution >= 4 is 70.0 Å². The highest BCUT2D eigenvalue weighted by Gasteiger charge is 2.26. The zero-order valence-corrected chi connectivity index (χ0v) is 25.8. The summed E-state index contributed by atoms with van der Waals surface area (Å²) in [6.07, 6.45) is 2.08. The normalized spacial score (nSPS) is 10.3. The second-order valence-corrected chi connectivity index (χ2v) is 9.97. The number of nitrogens with zero attached hydrogens (tertiary/aromatic N) is 4. The third kappa shape index (κ3) is 8.62. The molecule has 10 nitrogen and oxygen atoms in total. The summed E-state index contributed by atoms with van der Waals surface area (Å²) in [6, 6.07) is 19.5. The number of carbonyl (C=O) groups is 4. The van der Waals surface area contributed by atoms with Crippen LogP contribution in [0.1, 0.15) is 0 Å². The molecule has 0 bridgehead atoms. The number of carbonyl (C=O) groups excluding carboxylic acids is 4. The molecule has 0 spiro atoms. The zero-order valence-electron chi connectivity index (χ0n) is 24.3. The van der Waals surface area contributed by atoms with E-state index in [4.69, 9.17) is 32.7 Å². The molecule has 0 aliphatic rings. The molecule has 4 amide bonds. The van der Waals surface area contributed by atoms with Gasteiger partial charge in [0.25, 0.3) is 0 Å². The van der Waals surface area contributed by atoms with E-state index in [1.807, 2.05) is 0 Å². The summed E-state index contributed by atoms with van der Waals surface area (Å²) in [6.45, 7) is 6.62. The maximum Gasteiger partial charge on any atom is 0.330 e. The standard InChI is InChI=1S/C32H32Cl2N4O6/c1-5-29(39)43-20-18-37(27-16-9-7-14-25(27)33)31(41)35(3)23-12-11-13-24(22-23)36(4)32(42)38(19-21-44-30(40)6-2)28-17-10-8-15-26(28)34/h5-17,22H,1-2,18-21H2,3-4H3. The third-order valence-corrected chi connectivity index (χ3v) is 7.02. The molecular weight excluding hydrogens is 607 g/mol. The molecule has 3 aromatic carbocycles. The van der Waals surface area contributed by atoms with Gasteiger partial charge >= 0.3 is 24.0 Å². The van der Waals surface area contributed by atoms with Crippen LogP contribution in [-0.4, -0.2) is 64.4 Å². The van der Waals surface area contributed by atoms with E-state index >= 15 is 0 Å². The third-order valence-electron chi connectivity index (χ3n) is 6.38. The van der Waals surface area contributed by atoms with E-state index in [-0.39, 0.29) is 26.3 Å². The minimum atomic E-state index is -0.616. The van der Waals surface area contributed by atoms with Gasteiger partial charge in [0.05, 0.1) is 34.5 Å². The van der Waals surface area contributed by atoms with Crippen molar-refractivity contribution in [3.05, 3.63) is 108 Å². The lowest BCUT2D eigenvalue weighted by Gasteiger charge is -2.31. The summed E-state index contributed by atoms with van der Waals surface area (Å²) in [7, 11) is 3.15. The van der Waals surface area contributed by atoms with E-state index in [2.05, 4.69) is 13.2 Å². The minimum Gasteiger partial charge on any atom is -0.461 e. The van der Waals surface area contributed by atoms with E-state index in [0.717, 1.165) is 12.2 Å². The molecule has 3 rings (SSSR count). The van der Waals surface area contributed by atoms with Crippen LogP contribution in [-0.2, 0) is 19.1 Å². The SMILES string of the molecule is C=CC(=O)OCCN(C(=O)N(C)c1cccc(N(C)C(=O)N(CCOC(=O)C=C)c2ccccc2Cl)c1)c1ccccc1Cl. The average molecular weight is 640 g/mol. The number of halogens is 2. The van der Waals surface area contributed by atoms with Crippen LogP contribution in [0.4, 0.5) is 32.3 Å². The first-order valence-corrected chi connectivity index (χ1v) is 14.1. The Morgan fingerprint density at radius 3 is 1.41 bits per heavy atom. The van der Waals surface area contributed by atoms with Gasteiger partial charge in [-0.15, -0.1) is 0 Å². The molecule has 12 heteroatoms. The van der Waals surface area contributed by atoms with Gasteiger partial charge in [0, 0.05) is 37.6 Å². The number of urea groups is 2. The molecule has 230 valence electrons. The zero-order chi connectivity index (χ0) is 32.2. The molecule has 0 saturated carbocycles. The molecule has 44 heavy (non-hydrogen) atoms. The summed E-state index contributed by atoms with van der Waals surface area (Å²) in [5.41, 5.74) is 1.79. The fourth-order valence-electron chi connectivity index (χ4n) is 4.07. The lowest BCUT2D eigenvalue weighted by Crippen LogP contribution is -2.44. The summed E-state index contributed by atoms with van der Waals surface area (Å²) < 4.78 is 10.2. The number of hydrogen-bond donors (Lipinski definition) is 0. The van der Waals surface area contributed by atoms with Crippen molar-refractivity contribution in [3.8, 4) is 0 Å². The van der Waals surface area contributed by atoms with Crippen LogP contribution in [0.25, 0.3) is 0 Å². The lowest BCUT2D eigenvalue weighted by molar-refractivity contribution is -0.138. The highest BCUT2D eigenvalue weighted by Crippen LogP contribution is 2.30. The molecule has 0 atom stereocenters. The number of para-hydroxylation sites is 2. The fraction of sp³-hybridized carbons (Fsp3) is 0.188. The van der Waals surface area contributed by atoms with E-state index < -0.39 is 24.0 Å². The number of hydrogen-bond acceptors (Lipinski definition) is 6. The van der Waals surface area contributed by atoms with Gasteiger partial charge in [-0.1, -0.05) is 66.7 Å². The van der Waals surface area contributed by atoms with Crippen LogP contribution < -0.4 is 19.6 Å². The predicted molar refractivity (Wildman–Crippen MR) is 174 cm³/mol. The maximum absolute atomic E-state index is 13.8. The van der Waals surface area contributed by atoms with Gasteiger partial charge in [-0.3, -0.25) is 19.6 Å². The largest absolute Gasteiger partial charge is 0.461 e. The van der Waals surface area contributed by atoms with Gasteiger partial charge in [0.1, 0.15) is 13.2 Å². The van der Waals surface area contributed by atoms with Crippen molar-refractivity contribution in [3.63, 3.8) is 0 Å². The van der Waals surface area contributed by atoms with Crippen molar-refractivity contribution < 1.29 is 28.7 Å². The van der Waals surface area contributed by atoms with Gasteiger partial charge in [-0.25, -0.2) is 19.2 Å². The summed E-state index contributed by atoms with van der Waals surface area (Å²) >= 11 is 12.8. The topological polar surface area (TPSA) is 99.7 Å². The number of anilines is 4. The summed E-state index contributed by atoms with van der Waals surface area (Å²) in [5.74, 6) is -1.23. The first-order chi connectivity index (χ1) is 21.1. The molecule has 0 saturated heterocycles. The second kappa shape index (κ2) is 16.2. The Morgan fingerprint density at radius 1 is 0.659 bits per heavy atom. The van der Waals surface area contributed by atoms with E-state index in [9.17, 15) is 19.2 Å². The molecule has 0 heterocycles. The molecule has 0 unspecified atom stereocenters. The van der Waals surface area contributed by atoms with Crippen LogP contribution in [0.5, 0.6) is 0 Å². The maximum atomic E-state index is 13.8. The van der Waals surface area contributed by atoms with Crippen molar-refractivity contribution in [2.75, 3.05) is 60.0 Å². The average Bonchev–Trinajstić information content (AvgIpc) is 3.04. The summed E-state index contributed by atoms with van der Waals surface area (Å²) in [4.78, 5) is 56.3. The monoisotopic (exact) mass is 638 g/mol. The van der Waals surface area contributed by atoms with E-state index in [0.29, 0.717) is 32.8 Å². The number of amides is 4. The van der Waals surface area contributed by atoms with Gasteiger partial charge in [-0.2, -0.15) is 0 Å². The number of ether oxygens (including phenoxy) is 2. The number of esters is 2. The fourth-order valence-corrected chi connectivity index (χ4v) is 4.54. The van der Waals surface area contributed by atoms with Gasteiger partial charge < -0.3 is 9.47 Å². The Labute approximate surface area is 266 Å². The molecule has 0 aromatic heterocycles. The molecule has 0 N–H and O–H groups in total. The number of rotatable bonds is 12. The Balaban J connectivity index is 1.87. The Kier molecular flexibility index (Phi) is 12.4. The van der Waals surface area contributed by atoms with Gasteiger partial charge in [-0.05, 0) is 42.5 Å². The van der Waals surface area contributed by atoms with Crippen LogP contribution in [0.15, 0.2) is 98.1 Å². The number of benzene rings is 3. The Morgan fingerprint density at radius 2 is 1.05 bits per heavy atom. The lowest BCUT2D eigenvalue weighted by atomic mass is 10.2. The van der Waals surface area contributed by atoms with Crippen molar-refractivity contribution in [1.82, 2.24) is 0 Å². The van der Waals surface area contributed by atoms with E-state index in [1.165, 1.54) is 19.6 Å². The minimum absolute atomic E-state index is 0.0216. The van der Waals surface area contributed by atoms with Crippen molar-refractivity contribution in [2.24, 2.45) is 0 Å². The quantitative estimate of drug-likeness (QED) is 0.164. The van der Waals surface area contributed by atoms with Crippen LogP contribution >= 0.6 is 23.2 Å². The van der Waals surface area contributed by atoms with Crippen LogP contribution in [0.2, 0.25) is 10.0 Å². The first kappa shape index (κ1) is 33.7. The molecule has 0 radical (unpaired) electrons. The van der Waals surface area contributed by atoms with Crippen molar-refractivity contribution in [2.45, 2.75) is 0 Å². The first-order valence-electron chi connectivity index (χ1n) is 13.4. The van der Waals surface area contributed by atoms with E-state index in [1.54, 1.807) is 86.9 Å². The highest BCUT2D eigenvalue weighted by molar-refractivity contribution is 6.34. The Bertz CT molecular complexity index is 1420. The Hall–Kier alpha value is -4.80. The van der Waals surface area contributed by atoms with Gasteiger partial charge in [0.2, 0.25) is 0 Å². The molecular formula is C32H32Cl2N4O6. The van der Waals surface area contributed by atoms with Crippen LogP contribution in [0.3, 0.4) is 0 Å². The predicted octanol–water partition coefficient (Wildman–Crippen LogP) is 6.58. The van der Waals surface area contributed by atoms with Gasteiger partial charge in [0.15, 0.2) is 0 Å². The summed E-state index contributed by atoms with van der Waals surface area (Å²) in [5, 5.41) is 0.670. The smallest absolute Gasteiger partial charge is 0.330 e. The molecule has 0 aliphatic carbocycles. The van der Waals surface area contributed by atoms with Crippen molar-refractivity contribution in [1.29, 1.82) is 0 Å². The second-order valence-electron chi connectivity index (χ2n) is 9.15. The molecule has 0 fully saturated rings. The molecule has 0 aliphatic heterocycles. The highest BCUT2D eigenvalue weighted by atomic mass is 35.5. The van der Waals surface area contributed by atoms with Crippen LogP contribution in [0, 0.1) is 0 Å². The molecule has 3 aromatic rings.